The summed E-state index contributed by atoms with van der Waals surface area (Å²) in [7, 11) is 1.54. The fraction of sp³-hybridized carbons (Fsp3) is 0.429. The molecule has 0 spiro atoms. The number of carbonyl (C=O) groups excluding carboxylic acids is 1. The van der Waals surface area contributed by atoms with E-state index in [0.717, 1.165) is 0 Å². The molecule has 0 aliphatic carbocycles. The number of amides is 1. The summed E-state index contributed by atoms with van der Waals surface area (Å²) >= 11 is 0. The van der Waals surface area contributed by atoms with Gasteiger partial charge >= 0.3 is 5.97 Å². The molecule has 116 valence electrons. The Bertz CT molecular complexity index is 473. The molecule has 0 heterocycles. The molecule has 0 aromatic heterocycles. The van der Waals surface area contributed by atoms with E-state index in [0.29, 0.717) is 11.5 Å². The number of benzene rings is 1. The van der Waals surface area contributed by atoms with Gasteiger partial charge in [-0.2, -0.15) is 0 Å². The average molecular weight is 297 g/mol. The lowest BCUT2D eigenvalue weighted by Gasteiger charge is -2.18. The van der Waals surface area contributed by atoms with Crippen molar-refractivity contribution in [3.8, 4) is 11.5 Å². The third kappa shape index (κ3) is 5.31. The zero-order valence-electron chi connectivity index (χ0n) is 11.9. The predicted molar refractivity (Wildman–Crippen MR) is 74.4 cm³/mol. The molecule has 1 aromatic carbocycles. The number of aliphatic carboxylic acids is 1. The van der Waals surface area contributed by atoms with Crippen molar-refractivity contribution in [2.45, 2.75) is 25.5 Å². The van der Waals surface area contributed by atoms with Crippen LogP contribution in [0.3, 0.4) is 0 Å². The minimum absolute atomic E-state index is 0.0592. The van der Waals surface area contributed by atoms with Crippen LogP contribution in [0, 0.1) is 0 Å². The molecule has 1 aromatic rings. The quantitative estimate of drug-likeness (QED) is 0.642. The van der Waals surface area contributed by atoms with Crippen LogP contribution < -0.4 is 14.8 Å². The Kier molecular flexibility index (Phi) is 6.48. The highest BCUT2D eigenvalue weighted by Crippen LogP contribution is 2.18. The zero-order chi connectivity index (χ0) is 15.8. The van der Waals surface area contributed by atoms with E-state index in [1.54, 1.807) is 31.4 Å². The van der Waals surface area contributed by atoms with Gasteiger partial charge in [0.05, 0.1) is 7.11 Å². The molecule has 0 saturated carbocycles. The molecule has 0 bridgehead atoms. The predicted octanol–water partition coefficient (Wildman–Crippen LogP) is 0.414. The van der Waals surface area contributed by atoms with E-state index >= 15 is 0 Å². The van der Waals surface area contributed by atoms with Gasteiger partial charge in [0, 0.05) is 13.0 Å². The molecular formula is C14H19NO6. The largest absolute Gasteiger partial charge is 0.497 e. The highest BCUT2D eigenvalue weighted by Gasteiger charge is 2.23. The van der Waals surface area contributed by atoms with Crippen LogP contribution in [0.25, 0.3) is 0 Å². The van der Waals surface area contributed by atoms with E-state index in [1.807, 2.05) is 0 Å². The molecule has 3 N–H and O–H groups in total. The van der Waals surface area contributed by atoms with Gasteiger partial charge in [0.15, 0.2) is 6.10 Å². The third-order valence-electron chi connectivity index (χ3n) is 2.77. The lowest BCUT2D eigenvalue weighted by atomic mass is 10.2. The second kappa shape index (κ2) is 8.11. The van der Waals surface area contributed by atoms with E-state index in [2.05, 4.69) is 5.32 Å². The number of aliphatic hydroxyl groups is 1. The molecule has 21 heavy (non-hydrogen) atoms. The number of hydrogen-bond acceptors (Lipinski definition) is 5. The summed E-state index contributed by atoms with van der Waals surface area (Å²) < 4.78 is 10.4. The van der Waals surface area contributed by atoms with Crippen molar-refractivity contribution in [3.05, 3.63) is 24.3 Å². The molecule has 1 rings (SSSR count). The number of carboxylic acids is 1. The van der Waals surface area contributed by atoms with Crippen molar-refractivity contribution in [2.24, 2.45) is 0 Å². The molecule has 7 heteroatoms. The smallest absolute Gasteiger partial charge is 0.326 e. The summed E-state index contributed by atoms with van der Waals surface area (Å²) in [5.41, 5.74) is 0. The maximum Gasteiger partial charge on any atom is 0.326 e. The van der Waals surface area contributed by atoms with Crippen molar-refractivity contribution < 1.29 is 29.3 Å². The number of hydrogen-bond donors (Lipinski definition) is 3. The molecule has 0 radical (unpaired) electrons. The van der Waals surface area contributed by atoms with E-state index in [9.17, 15) is 9.59 Å². The van der Waals surface area contributed by atoms with E-state index in [1.165, 1.54) is 6.92 Å². The molecule has 1 amide bonds. The molecule has 7 nitrogen and oxygen atoms in total. The van der Waals surface area contributed by atoms with Crippen LogP contribution in [0.1, 0.15) is 13.3 Å². The highest BCUT2D eigenvalue weighted by molar-refractivity contribution is 5.86. The van der Waals surface area contributed by atoms with Crippen molar-refractivity contribution in [3.63, 3.8) is 0 Å². The van der Waals surface area contributed by atoms with Crippen LogP contribution in [-0.2, 0) is 9.59 Å². The van der Waals surface area contributed by atoms with Crippen LogP contribution in [0.2, 0.25) is 0 Å². The van der Waals surface area contributed by atoms with Gasteiger partial charge < -0.3 is 25.0 Å². The molecule has 0 aliphatic rings. The third-order valence-corrected chi connectivity index (χ3v) is 2.77. The summed E-state index contributed by atoms with van der Waals surface area (Å²) in [6, 6.07) is 5.53. The van der Waals surface area contributed by atoms with Gasteiger partial charge in [-0.05, 0) is 31.2 Å². The number of aliphatic hydroxyl groups excluding tert-OH is 1. The Hall–Kier alpha value is -2.28. The van der Waals surface area contributed by atoms with Crippen molar-refractivity contribution in [2.75, 3.05) is 13.7 Å². The molecule has 2 unspecified atom stereocenters. The van der Waals surface area contributed by atoms with Crippen LogP contribution in [0.5, 0.6) is 11.5 Å². The van der Waals surface area contributed by atoms with E-state index < -0.39 is 24.0 Å². The Balaban J connectivity index is 2.58. The Morgan fingerprint density at radius 1 is 1.24 bits per heavy atom. The highest BCUT2D eigenvalue weighted by atomic mass is 16.5. The lowest BCUT2D eigenvalue weighted by Crippen LogP contribution is -2.46. The summed E-state index contributed by atoms with van der Waals surface area (Å²) in [6.07, 6.45) is -0.921. The fourth-order valence-electron chi connectivity index (χ4n) is 1.59. The van der Waals surface area contributed by atoms with Gasteiger partial charge in [-0.15, -0.1) is 0 Å². The molecule has 0 fully saturated rings. The van der Waals surface area contributed by atoms with Gasteiger partial charge in [0.2, 0.25) is 0 Å². The molecule has 0 saturated heterocycles. The number of ether oxygens (including phenoxy) is 2. The first-order valence-corrected chi connectivity index (χ1v) is 6.42. The van der Waals surface area contributed by atoms with Gasteiger partial charge in [0.25, 0.3) is 5.91 Å². The topological polar surface area (TPSA) is 105 Å². The lowest BCUT2D eigenvalue weighted by molar-refractivity contribution is -0.143. The van der Waals surface area contributed by atoms with E-state index in [-0.39, 0.29) is 13.0 Å². The fourth-order valence-corrected chi connectivity index (χ4v) is 1.59. The van der Waals surface area contributed by atoms with Gasteiger partial charge in [-0.25, -0.2) is 4.79 Å². The van der Waals surface area contributed by atoms with Crippen molar-refractivity contribution in [1.29, 1.82) is 0 Å². The van der Waals surface area contributed by atoms with E-state index in [4.69, 9.17) is 19.7 Å². The number of carboxylic acid groups (broad SMARTS) is 1. The first-order valence-electron chi connectivity index (χ1n) is 6.42. The Morgan fingerprint density at radius 3 is 2.29 bits per heavy atom. The van der Waals surface area contributed by atoms with Crippen molar-refractivity contribution >= 4 is 11.9 Å². The number of rotatable bonds is 8. The minimum Gasteiger partial charge on any atom is -0.497 e. The van der Waals surface area contributed by atoms with Crippen LogP contribution >= 0.6 is 0 Å². The maximum atomic E-state index is 11.9. The summed E-state index contributed by atoms with van der Waals surface area (Å²) in [5, 5.41) is 20.0. The second-order valence-electron chi connectivity index (χ2n) is 4.35. The number of carbonyl (C=O) groups is 2. The molecular weight excluding hydrogens is 278 g/mol. The first kappa shape index (κ1) is 16.8. The number of methoxy groups -OCH3 is 1. The molecule has 0 aliphatic heterocycles. The maximum absolute atomic E-state index is 11.9. The zero-order valence-corrected chi connectivity index (χ0v) is 11.9. The Labute approximate surface area is 122 Å². The van der Waals surface area contributed by atoms with Crippen LogP contribution in [0.4, 0.5) is 0 Å². The van der Waals surface area contributed by atoms with Crippen molar-refractivity contribution in [1.82, 2.24) is 5.32 Å². The Morgan fingerprint density at radius 2 is 1.81 bits per heavy atom. The average Bonchev–Trinajstić information content (AvgIpc) is 2.47. The minimum atomic E-state index is -1.20. The van der Waals surface area contributed by atoms with Crippen LogP contribution in [-0.4, -0.2) is 48.0 Å². The summed E-state index contributed by atoms with van der Waals surface area (Å²) in [5.74, 6) is -0.637. The van der Waals surface area contributed by atoms with Crippen LogP contribution in [0.15, 0.2) is 24.3 Å². The first-order chi connectivity index (χ1) is 9.97. The van der Waals surface area contributed by atoms with Gasteiger partial charge in [-0.1, -0.05) is 0 Å². The summed E-state index contributed by atoms with van der Waals surface area (Å²) in [6.45, 7) is 1.18. The normalized spacial score (nSPS) is 13.1. The number of nitrogens with one attached hydrogen (secondary N) is 1. The second-order valence-corrected chi connectivity index (χ2v) is 4.35. The standard InChI is InChI=1S/C14H19NO6/c1-9(13(17)15-12(7-8-16)14(18)19)21-11-5-3-10(20-2)4-6-11/h3-6,9,12,16H,7-8H2,1-2H3,(H,15,17)(H,18,19). The SMILES string of the molecule is COc1ccc(OC(C)C(=O)NC(CCO)C(=O)O)cc1. The summed E-state index contributed by atoms with van der Waals surface area (Å²) in [4.78, 5) is 22.8. The monoisotopic (exact) mass is 297 g/mol. The molecule has 2 atom stereocenters. The van der Waals surface area contributed by atoms with Gasteiger partial charge in [0.1, 0.15) is 17.5 Å². The van der Waals surface area contributed by atoms with Gasteiger partial charge in [-0.3, -0.25) is 4.79 Å².